The molecular weight excluding hydrogens is 353 g/mol. The quantitative estimate of drug-likeness (QED) is 0.869. The van der Waals surface area contributed by atoms with Crippen LogP contribution in [0.2, 0.25) is 8.67 Å². The number of rotatable bonds is 2. The maximum Gasteiger partial charge on any atom is 0.256 e. The van der Waals surface area contributed by atoms with Crippen molar-refractivity contribution < 1.29 is 4.79 Å². The molecule has 0 spiro atoms. The Morgan fingerprint density at radius 1 is 1.29 bits per heavy atom. The van der Waals surface area contributed by atoms with Crippen molar-refractivity contribution in [3.63, 3.8) is 0 Å². The lowest BCUT2D eigenvalue weighted by Crippen LogP contribution is -2.52. The van der Waals surface area contributed by atoms with Gasteiger partial charge in [0.1, 0.15) is 4.34 Å². The van der Waals surface area contributed by atoms with Crippen LogP contribution in [0.15, 0.2) is 6.07 Å². The molecule has 0 aliphatic carbocycles. The van der Waals surface area contributed by atoms with E-state index in [0.717, 1.165) is 39.3 Å². The third kappa shape index (κ3) is 3.84. The van der Waals surface area contributed by atoms with Crippen LogP contribution in [0.1, 0.15) is 16.8 Å². The van der Waals surface area contributed by atoms with E-state index in [1.165, 1.54) is 17.8 Å². The van der Waals surface area contributed by atoms with E-state index >= 15 is 0 Å². The van der Waals surface area contributed by atoms with Gasteiger partial charge in [-0.2, -0.15) is 0 Å². The molecule has 1 atom stereocenters. The molecule has 4 nitrogen and oxygen atoms in total. The first-order valence-corrected chi connectivity index (χ1v) is 8.41. The molecule has 2 saturated heterocycles. The van der Waals surface area contributed by atoms with Gasteiger partial charge in [-0.25, -0.2) is 0 Å². The van der Waals surface area contributed by atoms with Gasteiger partial charge in [0.05, 0.1) is 9.90 Å². The Kier molecular flexibility index (Phi) is 6.17. The first-order valence-electron chi connectivity index (χ1n) is 6.84. The van der Waals surface area contributed by atoms with E-state index in [1.54, 1.807) is 6.07 Å². The fraction of sp³-hybridized carbons (Fsp3) is 0.615. The highest BCUT2D eigenvalue weighted by Gasteiger charge is 2.29. The summed E-state index contributed by atoms with van der Waals surface area (Å²) in [7, 11) is 0. The number of hydrogen-bond donors (Lipinski definition) is 1. The number of carbonyl (C=O) groups is 1. The van der Waals surface area contributed by atoms with Crippen molar-refractivity contribution in [1.82, 2.24) is 15.1 Å². The van der Waals surface area contributed by atoms with Gasteiger partial charge in [-0.1, -0.05) is 23.2 Å². The monoisotopic (exact) mass is 369 g/mol. The molecule has 0 radical (unpaired) electrons. The highest BCUT2D eigenvalue weighted by atomic mass is 35.5. The molecular formula is C13H18Cl3N3OS. The average molecular weight is 371 g/mol. The maximum absolute atomic E-state index is 12.4. The summed E-state index contributed by atoms with van der Waals surface area (Å²) < 4.78 is 1.05. The van der Waals surface area contributed by atoms with Gasteiger partial charge in [0, 0.05) is 38.8 Å². The van der Waals surface area contributed by atoms with E-state index in [0.29, 0.717) is 20.3 Å². The Hall–Kier alpha value is -0.0400. The minimum Gasteiger partial charge on any atom is -0.336 e. The van der Waals surface area contributed by atoms with Crippen LogP contribution in [0.3, 0.4) is 0 Å². The molecule has 1 unspecified atom stereocenters. The van der Waals surface area contributed by atoms with Crippen LogP contribution in [0.25, 0.3) is 0 Å². The Morgan fingerprint density at radius 3 is 2.52 bits per heavy atom. The third-order valence-corrected chi connectivity index (χ3v) is 5.53. The molecule has 1 aromatic heterocycles. The fourth-order valence-corrected chi connectivity index (χ4v) is 4.35. The number of amides is 1. The predicted molar refractivity (Wildman–Crippen MR) is 90.3 cm³/mol. The summed E-state index contributed by atoms with van der Waals surface area (Å²) in [4.78, 5) is 16.8. The Labute approximate surface area is 144 Å². The Bertz CT molecular complexity index is 497. The highest BCUT2D eigenvalue weighted by molar-refractivity contribution is 7.20. The summed E-state index contributed by atoms with van der Waals surface area (Å²) in [5.74, 6) is 0.00217. The number of piperazine rings is 1. The number of nitrogens with one attached hydrogen (secondary N) is 1. The first kappa shape index (κ1) is 17.3. The van der Waals surface area contributed by atoms with E-state index in [-0.39, 0.29) is 18.3 Å². The summed E-state index contributed by atoms with van der Waals surface area (Å²) in [6.07, 6.45) is 1.21. The normalized spacial score (nSPS) is 23.1. The molecule has 3 rings (SSSR count). The Morgan fingerprint density at radius 2 is 2.00 bits per heavy atom. The minimum atomic E-state index is 0. The Balaban J connectivity index is 0.00000161. The van der Waals surface area contributed by atoms with Crippen molar-refractivity contribution in [2.45, 2.75) is 12.5 Å². The molecule has 1 aromatic rings. The summed E-state index contributed by atoms with van der Waals surface area (Å²) in [6, 6.07) is 2.30. The van der Waals surface area contributed by atoms with Crippen molar-refractivity contribution in [1.29, 1.82) is 0 Å². The van der Waals surface area contributed by atoms with E-state index < -0.39 is 0 Å². The largest absolute Gasteiger partial charge is 0.336 e. The van der Waals surface area contributed by atoms with Crippen molar-refractivity contribution in [3.05, 3.63) is 20.3 Å². The van der Waals surface area contributed by atoms with Gasteiger partial charge in [-0.15, -0.1) is 23.7 Å². The van der Waals surface area contributed by atoms with Gasteiger partial charge in [0.25, 0.3) is 5.91 Å². The smallest absolute Gasteiger partial charge is 0.256 e. The van der Waals surface area contributed by atoms with Crippen LogP contribution in [-0.2, 0) is 0 Å². The SMILES string of the molecule is Cl.O=C(c1cc(Cl)sc1Cl)N1CCN(C2CCNC2)CC1. The second-order valence-corrected chi connectivity index (χ2v) is 7.50. The number of thiophene rings is 1. The second-order valence-electron chi connectivity index (χ2n) is 5.21. The van der Waals surface area contributed by atoms with E-state index in [9.17, 15) is 4.79 Å². The van der Waals surface area contributed by atoms with E-state index in [2.05, 4.69) is 10.2 Å². The lowest BCUT2D eigenvalue weighted by molar-refractivity contribution is 0.0584. The summed E-state index contributed by atoms with van der Waals surface area (Å²) in [5, 5.41) is 3.39. The van der Waals surface area contributed by atoms with Gasteiger partial charge in [-0.3, -0.25) is 9.69 Å². The standard InChI is InChI=1S/C13H17Cl2N3OS.ClH/c14-11-7-10(12(15)20-11)13(19)18-5-3-17(4-6-18)9-1-2-16-8-9;/h7,9,16H,1-6,8H2;1H. The summed E-state index contributed by atoms with van der Waals surface area (Å²) in [6.45, 7) is 5.58. The zero-order chi connectivity index (χ0) is 14.1. The topological polar surface area (TPSA) is 35.6 Å². The third-order valence-electron chi connectivity index (χ3n) is 4.04. The second kappa shape index (κ2) is 7.49. The van der Waals surface area contributed by atoms with E-state index in [4.69, 9.17) is 23.2 Å². The first-order chi connectivity index (χ1) is 9.65. The zero-order valence-corrected chi connectivity index (χ0v) is 14.6. The van der Waals surface area contributed by atoms with E-state index in [1.807, 2.05) is 4.90 Å². The van der Waals surface area contributed by atoms with Gasteiger partial charge in [-0.05, 0) is 19.0 Å². The van der Waals surface area contributed by atoms with Crippen molar-refractivity contribution in [2.24, 2.45) is 0 Å². The molecule has 3 heterocycles. The average Bonchev–Trinajstić information content (AvgIpc) is 3.08. The van der Waals surface area contributed by atoms with Gasteiger partial charge < -0.3 is 10.2 Å². The molecule has 1 amide bonds. The molecule has 2 aliphatic heterocycles. The lowest BCUT2D eigenvalue weighted by Gasteiger charge is -2.37. The van der Waals surface area contributed by atoms with Crippen LogP contribution in [0, 0.1) is 0 Å². The van der Waals surface area contributed by atoms with Crippen LogP contribution in [0.4, 0.5) is 0 Å². The minimum absolute atomic E-state index is 0. The lowest BCUT2D eigenvalue weighted by atomic mass is 10.1. The zero-order valence-electron chi connectivity index (χ0n) is 11.5. The number of carbonyl (C=O) groups excluding carboxylic acids is 1. The summed E-state index contributed by atoms with van der Waals surface area (Å²) >= 11 is 13.2. The number of nitrogens with zero attached hydrogens (tertiary/aromatic N) is 2. The van der Waals surface area contributed by atoms with Gasteiger partial charge in [0.15, 0.2) is 0 Å². The fourth-order valence-electron chi connectivity index (χ4n) is 2.90. The van der Waals surface area contributed by atoms with Gasteiger partial charge in [0.2, 0.25) is 0 Å². The molecule has 1 N–H and O–H groups in total. The number of hydrogen-bond acceptors (Lipinski definition) is 4. The molecule has 21 heavy (non-hydrogen) atoms. The van der Waals surface area contributed by atoms with Crippen molar-refractivity contribution in [3.8, 4) is 0 Å². The molecule has 118 valence electrons. The molecule has 0 aromatic carbocycles. The molecule has 0 saturated carbocycles. The molecule has 0 bridgehead atoms. The maximum atomic E-state index is 12.4. The molecule has 2 fully saturated rings. The number of halogens is 3. The summed E-state index contributed by atoms with van der Waals surface area (Å²) in [5.41, 5.74) is 0.539. The predicted octanol–water partition coefficient (Wildman–Crippen LogP) is 2.60. The molecule has 8 heteroatoms. The van der Waals surface area contributed by atoms with Gasteiger partial charge >= 0.3 is 0 Å². The van der Waals surface area contributed by atoms with Crippen LogP contribution >= 0.6 is 46.9 Å². The highest BCUT2D eigenvalue weighted by Crippen LogP contribution is 2.32. The van der Waals surface area contributed by atoms with Crippen molar-refractivity contribution in [2.75, 3.05) is 39.3 Å². The van der Waals surface area contributed by atoms with Crippen LogP contribution in [0.5, 0.6) is 0 Å². The van der Waals surface area contributed by atoms with Crippen LogP contribution < -0.4 is 5.32 Å². The van der Waals surface area contributed by atoms with Crippen molar-refractivity contribution >= 4 is 52.9 Å². The molecule has 2 aliphatic rings. The van der Waals surface area contributed by atoms with Crippen LogP contribution in [-0.4, -0.2) is 61.0 Å².